The highest BCUT2D eigenvalue weighted by Gasteiger charge is 2.34. The number of carbonyl (C=O) groups is 1. The van der Waals surface area contributed by atoms with Gasteiger partial charge in [-0.15, -0.1) is 4.99 Å². The molecule has 2 saturated heterocycles. The third kappa shape index (κ3) is 2.46. The van der Waals surface area contributed by atoms with Crippen LogP contribution in [0.5, 0.6) is 0 Å². The van der Waals surface area contributed by atoms with Crippen LogP contribution in [0.15, 0.2) is 4.99 Å². The van der Waals surface area contributed by atoms with E-state index in [1.807, 2.05) is 11.9 Å². The van der Waals surface area contributed by atoms with E-state index in [2.05, 4.69) is 10.3 Å². The van der Waals surface area contributed by atoms with Crippen molar-refractivity contribution in [1.82, 2.24) is 15.1 Å². The molecule has 8 heteroatoms. The SMILES string of the molecule is CN1CC(CN2C[C@@H](CN)OC2=O)N/C1=N\C#N. The van der Waals surface area contributed by atoms with Crippen molar-refractivity contribution < 1.29 is 9.53 Å². The van der Waals surface area contributed by atoms with Crippen molar-refractivity contribution in [1.29, 1.82) is 5.26 Å². The number of ether oxygens (including phenoxy) is 1. The minimum Gasteiger partial charge on any atom is -0.443 e. The number of nitrogens with two attached hydrogens (primary N) is 1. The highest BCUT2D eigenvalue weighted by Crippen LogP contribution is 2.12. The summed E-state index contributed by atoms with van der Waals surface area (Å²) in [5.41, 5.74) is 5.47. The standard InChI is InChI=1S/C10H16N6O2/c1-15-3-7(14-9(15)13-6-12)4-16-5-8(2-11)18-10(16)17/h7-8H,2-5,11H2,1H3,(H,13,14)/t7?,8-/m1/s1. The zero-order chi connectivity index (χ0) is 13.1. The molecule has 98 valence electrons. The highest BCUT2D eigenvalue weighted by atomic mass is 16.6. The quantitative estimate of drug-likeness (QED) is 0.592. The van der Waals surface area contributed by atoms with Crippen molar-refractivity contribution in [3.8, 4) is 6.19 Å². The molecule has 2 rings (SSSR count). The Hall–Kier alpha value is -2.01. The second kappa shape index (κ2) is 5.10. The number of nitriles is 1. The van der Waals surface area contributed by atoms with Crippen LogP contribution in [0.25, 0.3) is 0 Å². The number of guanidine groups is 1. The van der Waals surface area contributed by atoms with Crippen molar-refractivity contribution in [3.63, 3.8) is 0 Å². The van der Waals surface area contributed by atoms with Gasteiger partial charge in [0.2, 0.25) is 12.2 Å². The number of amides is 1. The van der Waals surface area contributed by atoms with E-state index in [9.17, 15) is 4.79 Å². The van der Waals surface area contributed by atoms with Crippen LogP contribution in [0.4, 0.5) is 4.79 Å². The molecule has 2 fully saturated rings. The number of hydrogen-bond acceptors (Lipinski definition) is 5. The Bertz CT molecular complexity index is 404. The molecule has 3 N–H and O–H groups in total. The Labute approximate surface area is 105 Å². The highest BCUT2D eigenvalue weighted by molar-refractivity contribution is 5.83. The summed E-state index contributed by atoms with van der Waals surface area (Å²) in [5, 5.41) is 11.6. The van der Waals surface area contributed by atoms with E-state index in [0.29, 0.717) is 32.1 Å². The van der Waals surface area contributed by atoms with Gasteiger partial charge in [-0.25, -0.2) is 4.79 Å². The Kier molecular flexibility index (Phi) is 3.53. The van der Waals surface area contributed by atoms with Crippen molar-refractivity contribution in [3.05, 3.63) is 0 Å². The average molecular weight is 252 g/mol. The Morgan fingerprint density at radius 3 is 3.06 bits per heavy atom. The van der Waals surface area contributed by atoms with Crippen molar-refractivity contribution in [2.45, 2.75) is 12.1 Å². The van der Waals surface area contributed by atoms with Crippen LogP contribution in [0.3, 0.4) is 0 Å². The van der Waals surface area contributed by atoms with Gasteiger partial charge >= 0.3 is 6.09 Å². The summed E-state index contributed by atoms with van der Waals surface area (Å²) in [6, 6.07) is 0.0474. The van der Waals surface area contributed by atoms with Crippen LogP contribution in [-0.4, -0.2) is 67.2 Å². The summed E-state index contributed by atoms with van der Waals surface area (Å²) < 4.78 is 5.07. The summed E-state index contributed by atoms with van der Waals surface area (Å²) >= 11 is 0. The number of aliphatic imine (C=N–C) groups is 1. The van der Waals surface area contributed by atoms with E-state index in [0.717, 1.165) is 0 Å². The molecule has 18 heavy (non-hydrogen) atoms. The lowest BCUT2D eigenvalue weighted by Crippen LogP contribution is -2.41. The van der Waals surface area contributed by atoms with Gasteiger partial charge in [0.15, 0.2) is 0 Å². The second-order valence-corrected chi connectivity index (χ2v) is 4.40. The molecule has 0 aromatic heterocycles. The molecule has 2 atom stereocenters. The van der Waals surface area contributed by atoms with Crippen LogP contribution in [0.1, 0.15) is 0 Å². The minimum absolute atomic E-state index is 0.0474. The molecule has 0 radical (unpaired) electrons. The monoisotopic (exact) mass is 252 g/mol. The Morgan fingerprint density at radius 2 is 2.44 bits per heavy atom. The molecule has 2 aliphatic rings. The van der Waals surface area contributed by atoms with Crippen LogP contribution in [-0.2, 0) is 4.74 Å². The number of rotatable bonds is 3. The van der Waals surface area contributed by atoms with Gasteiger partial charge in [-0.05, 0) is 0 Å². The molecule has 0 spiro atoms. The number of cyclic esters (lactones) is 1. The van der Waals surface area contributed by atoms with E-state index in [-0.39, 0.29) is 18.2 Å². The van der Waals surface area contributed by atoms with Gasteiger partial charge in [-0.2, -0.15) is 5.26 Å². The molecule has 0 aliphatic carbocycles. The Balaban J connectivity index is 1.91. The molecule has 1 unspecified atom stereocenters. The fourth-order valence-corrected chi connectivity index (χ4v) is 2.14. The van der Waals surface area contributed by atoms with E-state index >= 15 is 0 Å². The maximum absolute atomic E-state index is 11.5. The van der Waals surface area contributed by atoms with Gasteiger partial charge in [0.1, 0.15) is 6.10 Å². The topological polar surface area (TPSA) is 107 Å². The largest absolute Gasteiger partial charge is 0.443 e. The molecular weight excluding hydrogens is 236 g/mol. The summed E-state index contributed by atoms with van der Waals surface area (Å²) in [4.78, 5) is 18.7. The first-order valence-electron chi connectivity index (χ1n) is 5.74. The molecule has 0 aromatic carbocycles. The predicted octanol–water partition coefficient (Wildman–Crippen LogP) is -1.49. The van der Waals surface area contributed by atoms with Gasteiger partial charge in [-0.3, -0.25) is 0 Å². The van der Waals surface area contributed by atoms with Crippen molar-refractivity contribution in [2.24, 2.45) is 10.7 Å². The zero-order valence-electron chi connectivity index (χ0n) is 10.2. The lowest BCUT2D eigenvalue weighted by Gasteiger charge is -2.17. The van der Waals surface area contributed by atoms with E-state index in [1.54, 1.807) is 11.1 Å². The number of hydrogen-bond donors (Lipinski definition) is 2. The number of carbonyl (C=O) groups excluding carboxylic acids is 1. The summed E-state index contributed by atoms with van der Waals surface area (Å²) in [7, 11) is 1.84. The van der Waals surface area contributed by atoms with E-state index in [1.165, 1.54) is 0 Å². The third-order valence-electron chi connectivity index (χ3n) is 3.00. The lowest BCUT2D eigenvalue weighted by atomic mass is 10.2. The summed E-state index contributed by atoms with van der Waals surface area (Å²) in [6.07, 6.45) is 1.19. The number of nitrogens with one attached hydrogen (secondary N) is 1. The minimum atomic E-state index is -0.333. The van der Waals surface area contributed by atoms with Gasteiger partial charge < -0.3 is 25.6 Å². The number of nitrogens with zero attached hydrogens (tertiary/aromatic N) is 4. The first-order valence-corrected chi connectivity index (χ1v) is 5.74. The molecule has 1 amide bonds. The fraction of sp³-hybridized carbons (Fsp3) is 0.700. The maximum atomic E-state index is 11.5. The summed E-state index contributed by atoms with van der Waals surface area (Å²) in [5.74, 6) is 0.533. The van der Waals surface area contributed by atoms with Gasteiger partial charge in [0, 0.05) is 26.7 Å². The molecule has 2 heterocycles. The predicted molar refractivity (Wildman–Crippen MR) is 63.5 cm³/mol. The van der Waals surface area contributed by atoms with Gasteiger partial charge in [0.05, 0.1) is 12.6 Å². The first kappa shape index (κ1) is 12.4. The van der Waals surface area contributed by atoms with Crippen molar-refractivity contribution in [2.75, 3.05) is 33.2 Å². The van der Waals surface area contributed by atoms with Crippen LogP contribution in [0.2, 0.25) is 0 Å². The molecule has 0 aromatic rings. The van der Waals surface area contributed by atoms with Crippen LogP contribution >= 0.6 is 0 Å². The second-order valence-electron chi connectivity index (χ2n) is 4.40. The number of likely N-dealkylation sites (N-methyl/N-ethyl adjacent to an activating group) is 1. The average Bonchev–Trinajstić information content (AvgIpc) is 2.85. The van der Waals surface area contributed by atoms with Gasteiger partial charge in [0.25, 0.3) is 0 Å². The molecule has 0 saturated carbocycles. The molecular formula is C10H16N6O2. The van der Waals surface area contributed by atoms with E-state index in [4.69, 9.17) is 15.7 Å². The summed E-state index contributed by atoms with van der Waals surface area (Å²) in [6.45, 7) is 2.06. The van der Waals surface area contributed by atoms with Crippen LogP contribution < -0.4 is 11.1 Å². The molecule has 2 aliphatic heterocycles. The van der Waals surface area contributed by atoms with Gasteiger partial charge in [-0.1, -0.05) is 0 Å². The fourth-order valence-electron chi connectivity index (χ4n) is 2.14. The normalized spacial score (nSPS) is 29.4. The first-order chi connectivity index (χ1) is 8.63. The molecule has 8 nitrogen and oxygen atoms in total. The van der Waals surface area contributed by atoms with E-state index < -0.39 is 0 Å². The third-order valence-corrected chi connectivity index (χ3v) is 3.00. The zero-order valence-corrected chi connectivity index (χ0v) is 10.2. The molecule has 0 bridgehead atoms. The smallest absolute Gasteiger partial charge is 0.410 e. The lowest BCUT2D eigenvalue weighted by molar-refractivity contribution is 0.134. The Morgan fingerprint density at radius 1 is 1.67 bits per heavy atom. The van der Waals surface area contributed by atoms with Crippen molar-refractivity contribution >= 4 is 12.1 Å². The van der Waals surface area contributed by atoms with Crippen LogP contribution in [0, 0.1) is 11.5 Å². The maximum Gasteiger partial charge on any atom is 0.410 e.